The van der Waals surface area contributed by atoms with Gasteiger partial charge in [0.25, 0.3) is 5.91 Å². The summed E-state index contributed by atoms with van der Waals surface area (Å²) in [5.74, 6) is 0.492. The van der Waals surface area contributed by atoms with Gasteiger partial charge in [0.05, 0.1) is 24.6 Å². The molecule has 1 atom stereocenters. The summed E-state index contributed by atoms with van der Waals surface area (Å²) in [5.41, 5.74) is 1.97. The topological polar surface area (TPSA) is 105 Å². The van der Waals surface area contributed by atoms with Crippen LogP contribution in [0, 0.1) is 26.7 Å². The molecule has 1 aliphatic rings. The van der Waals surface area contributed by atoms with Crippen molar-refractivity contribution in [3.63, 3.8) is 0 Å². The SMILES string of the molecule is CCOC(=O)c1c(C)[nH]c(C(=O)N2CCCC(C(=O)NCc3ccc(C)o3)C2)c1C. The number of likely N-dealkylation sites (tertiary alicyclic amines) is 1. The Morgan fingerprint density at radius 2 is 2.03 bits per heavy atom. The predicted octanol–water partition coefficient (Wildman–Crippen LogP) is 2.88. The lowest BCUT2D eigenvalue weighted by Crippen LogP contribution is -2.45. The van der Waals surface area contributed by atoms with E-state index in [1.807, 2.05) is 19.1 Å². The van der Waals surface area contributed by atoms with E-state index in [1.54, 1.807) is 25.7 Å². The van der Waals surface area contributed by atoms with E-state index in [1.165, 1.54) is 0 Å². The molecule has 2 aromatic heterocycles. The molecule has 8 heteroatoms. The Bertz CT molecular complexity index is 943. The second-order valence-electron chi connectivity index (χ2n) is 7.67. The van der Waals surface area contributed by atoms with E-state index >= 15 is 0 Å². The molecule has 2 N–H and O–H groups in total. The molecule has 0 saturated carbocycles. The van der Waals surface area contributed by atoms with Gasteiger partial charge >= 0.3 is 5.97 Å². The van der Waals surface area contributed by atoms with E-state index in [0.717, 1.165) is 18.6 Å². The molecule has 0 aliphatic carbocycles. The molecule has 1 aliphatic heterocycles. The summed E-state index contributed by atoms with van der Waals surface area (Å²) in [6.45, 7) is 8.60. The normalized spacial score (nSPS) is 16.4. The first-order chi connectivity index (χ1) is 14.3. The first-order valence-corrected chi connectivity index (χ1v) is 10.3. The number of nitrogens with one attached hydrogen (secondary N) is 2. The number of hydrogen-bond acceptors (Lipinski definition) is 5. The molecule has 3 rings (SSSR count). The Morgan fingerprint density at radius 3 is 2.70 bits per heavy atom. The summed E-state index contributed by atoms with van der Waals surface area (Å²) in [7, 11) is 0. The zero-order valence-corrected chi connectivity index (χ0v) is 18.0. The number of amides is 2. The van der Waals surface area contributed by atoms with E-state index < -0.39 is 5.97 Å². The highest BCUT2D eigenvalue weighted by Crippen LogP contribution is 2.24. The summed E-state index contributed by atoms with van der Waals surface area (Å²) in [4.78, 5) is 42.6. The summed E-state index contributed by atoms with van der Waals surface area (Å²) in [6.07, 6.45) is 1.47. The first-order valence-electron chi connectivity index (χ1n) is 10.3. The number of aromatic nitrogens is 1. The van der Waals surface area contributed by atoms with Gasteiger partial charge in [-0.3, -0.25) is 9.59 Å². The molecule has 0 bridgehead atoms. The molecule has 2 amide bonds. The molecule has 1 unspecified atom stereocenters. The summed E-state index contributed by atoms with van der Waals surface area (Å²) in [5, 5.41) is 2.90. The van der Waals surface area contributed by atoms with Crippen LogP contribution in [0.1, 0.15) is 63.4 Å². The van der Waals surface area contributed by atoms with Gasteiger partial charge in [-0.2, -0.15) is 0 Å². The third-order valence-corrected chi connectivity index (χ3v) is 5.44. The molecule has 1 fully saturated rings. The number of H-pyrrole nitrogens is 1. The highest BCUT2D eigenvalue weighted by Gasteiger charge is 2.31. The van der Waals surface area contributed by atoms with Crippen molar-refractivity contribution in [3.8, 4) is 0 Å². The highest BCUT2D eigenvalue weighted by molar-refractivity contribution is 6.00. The number of carbonyl (C=O) groups is 3. The number of furan rings is 1. The van der Waals surface area contributed by atoms with Crippen molar-refractivity contribution in [2.24, 2.45) is 5.92 Å². The van der Waals surface area contributed by atoms with Gasteiger partial charge < -0.3 is 24.4 Å². The fourth-order valence-corrected chi connectivity index (χ4v) is 3.91. The predicted molar refractivity (Wildman–Crippen MR) is 110 cm³/mol. The number of hydrogen-bond donors (Lipinski definition) is 2. The Labute approximate surface area is 176 Å². The van der Waals surface area contributed by atoms with Crippen LogP contribution in [0.25, 0.3) is 0 Å². The standard InChI is InChI=1S/C22H29N3O5/c1-5-29-22(28)18-14(3)19(24-15(18)4)21(27)25-10-6-7-16(12-25)20(26)23-11-17-9-8-13(2)30-17/h8-9,16,24H,5-7,10-12H2,1-4H3,(H,23,26). The van der Waals surface area contributed by atoms with E-state index in [0.29, 0.717) is 47.9 Å². The highest BCUT2D eigenvalue weighted by atomic mass is 16.5. The van der Waals surface area contributed by atoms with Crippen molar-refractivity contribution < 1.29 is 23.5 Å². The van der Waals surface area contributed by atoms with Gasteiger partial charge in [-0.05, 0) is 58.2 Å². The molecule has 8 nitrogen and oxygen atoms in total. The van der Waals surface area contributed by atoms with Crippen LogP contribution in [0.3, 0.4) is 0 Å². The molecule has 0 radical (unpaired) electrons. The molecule has 30 heavy (non-hydrogen) atoms. The van der Waals surface area contributed by atoms with Gasteiger partial charge in [-0.1, -0.05) is 0 Å². The molecule has 0 spiro atoms. The first kappa shape index (κ1) is 21.7. The Kier molecular flexibility index (Phi) is 6.64. The fourth-order valence-electron chi connectivity index (χ4n) is 3.91. The molecule has 1 saturated heterocycles. The maximum Gasteiger partial charge on any atom is 0.340 e. The number of aryl methyl sites for hydroxylation is 2. The quantitative estimate of drug-likeness (QED) is 0.706. The van der Waals surface area contributed by atoms with E-state index in [4.69, 9.17) is 9.15 Å². The van der Waals surface area contributed by atoms with E-state index in [-0.39, 0.29) is 24.3 Å². The van der Waals surface area contributed by atoms with Gasteiger partial charge in [-0.25, -0.2) is 4.79 Å². The third-order valence-electron chi connectivity index (χ3n) is 5.44. The molecule has 2 aromatic rings. The molecule has 0 aromatic carbocycles. The van der Waals surface area contributed by atoms with Crippen molar-refractivity contribution in [2.45, 2.75) is 47.1 Å². The second kappa shape index (κ2) is 9.19. The zero-order chi connectivity index (χ0) is 21.8. The minimum atomic E-state index is -0.438. The second-order valence-corrected chi connectivity index (χ2v) is 7.67. The van der Waals surface area contributed by atoms with Gasteiger partial charge in [0, 0.05) is 18.8 Å². The number of ether oxygens (including phenoxy) is 1. The fraction of sp³-hybridized carbons (Fsp3) is 0.500. The van der Waals surface area contributed by atoms with Gasteiger partial charge in [0.2, 0.25) is 5.91 Å². The van der Waals surface area contributed by atoms with Crippen LogP contribution in [0.2, 0.25) is 0 Å². The van der Waals surface area contributed by atoms with E-state index in [2.05, 4.69) is 10.3 Å². The average Bonchev–Trinajstić information content (AvgIpc) is 3.27. The zero-order valence-electron chi connectivity index (χ0n) is 18.0. The third kappa shape index (κ3) is 4.58. The smallest absolute Gasteiger partial charge is 0.340 e. The largest absolute Gasteiger partial charge is 0.465 e. The summed E-state index contributed by atoms with van der Waals surface area (Å²) >= 11 is 0. The minimum absolute atomic E-state index is 0.0897. The molecule has 3 heterocycles. The maximum atomic E-state index is 13.1. The Balaban J connectivity index is 1.66. The lowest BCUT2D eigenvalue weighted by atomic mass is 9.96. The maximum absolute atomic E-state index is 13.1. The summed E-state index contributed by atoms with van der Waals surface area (Å²) < 4.78 is 10.6. The van der Waals surface area contributed by atoms with E-state index in [9.17, 15) is 14.4 Å². The number of nitrogens with zero attached hydrogens (tertiary/aromatic N) is 1. The average molecular weight is 415 g/mol. The van der Waals surface area contributed by atoms with Crippen LogP contribution in [0.15, 0.2) is 16.5 Å². The minimum Gasteiger partial charge on any atom is -0.465 e. The monoisotopic (exact) mass is 415 g/mol. The number of aromatic amines is 1. The van der Waals surface area contributed by atoms with Crippen molar-refractivity contribution in [3.05, 3.63) is 46.2 Å². The lowest BCUT2D eigenvalue weighted by Gasteiger charge is -2.32. The molecule has 162 valence electrons. The number of esters is 1. The van der Waals surface area contributed by atoms with Crippen molar-refractivity contribution in [1.29, 1.82) is 0 Å². The number of carbonyl (C=O) groups excluding carboxylic acids is 3. The number of rotatable bonds is 6. The molecular formula is C22H29N3O5. The van der Waals surface area contributed by atoms with Crippen LogP contribution >= 0.6 is 0 Å². The van der Waals surface area contributed by atoms with Crippen molar-refractivity contribution in [1.82, 2.24) is 15.2 Å². The van der Waals surface area contributed by atoms with Crippen LogP contribution in [-0.2, 0) is 16.1 Å². The van der Waals surface area contributed by atoms with Crippen LogP contribution in [0.4, 0.5) is 0 Å². The van der Waals surface area contributed by atoms with Crippen LogP contribution < -0.4 is 5.32 Å². The van der Waals surface area contributed by atoms with Crippen LogP contribution in [0.5, 0.6) is 0 Å². The van der Waals surface area contributed by atoms with Gasteiger partial charge in [0.15, 0.2) is 0 Å². The summed E-state index contributed by atoms with van der Waals surface area (Å²) in [6, 6.07) is 3.69. The van der Waals surface area contributed by atoms with Crippen LogP contribution in [-0.4, -0.2) is 47.4 Å². The van der Waals surface area contributed by atoms with Crippen molar-refractivity contribution in [2.75, 3.05) is 19.7 Å². The Morgan fingerprint density at radius 1 is 1.27 bits per heavy atom. The lowest BCUT2D eigenvalue weighted by molar-refractivity contribution is -0.126. The van der Waals surface area contributed by atoms with Gasteiger partial charge in [0.1, 0.15) is 17.2 Å². The van der Waals surface area contributed by atoms with Crippen molar-refractivity contribution >= 4 is 17.8 Å². The number of piperidine rings is 1. The Hall–Kier alpha value is -3.03. The van der Waals surface area contributed by atoms with Gasteiger partial charge in [-0.15, -0.1) is 0 Å². The molecular weight excluding hydrogens is 386 g/mol.